The van der Waals surface area contributed by atoms with E-state index < -0.39 is 15.6 Å². The summed E-state index contributed by atoms with van der Waals surface area (Å²) in [7, 11) is -3.28. The van der Waals surface area contributed by atoms with Gasteiger partial charge in [0.2, 0.25) is 10.0 Å². The number of hydrogen-bond acceptors (Lipinski definition) is 6. The summed E-state index contributed by atoms with van der Waals surface area (Å²) in [6, 6.07) is 1.75. The first kappa shape index (κ1) is 20.0. The molecule has 1 aliphatic carbocycles. The van der Waals surface area contributed by atoms with Gasteiger partial charge < -0.3 is 5.11 Å². The zero-order chi connectivity index (χ0) is 19.9. The van der Waals surface area contributed by atoms with Gasteiger partial charge in [0, 0.05) is 44.7 Å². The molecule has 1 aromatic heterocycles. The number of piperidine rings is 1. The maximum absolute atomic E-state index is 12.3. The van der Waals surface area contributed by atoms with Gasteiger partial charge in [-0.2, -0.15) is 9.40 Å². The van der Waals surface area contributed by atoms with Crippen LogP contribution < -0.4 is 5.56 Å². The maximum Gasteiger partial charge on any atom is 0.267 e. The maximum atomic E-state index is 12.3. The molecule has 3 heterocycles. The molecule has 0 radical (unpaired) electrons. The van der Waals surface area contributed by atoms with Crippen LogP contribution in [0.1, 0.15) is 36.9 Å². The van der Waals surface area contributed by atoms with Gasteiger partial charge in [0.25, 0.3) is 5.56 Å². The second-order valence-electron chi connectivity index (χ2n) is 8.83. The first-order valence-electron chi connectivity index (χ1n) is 10.2. The first-order chi connectivity index (χ1) is 13.2. The van der Waals surface area contributed by atoms with Crippen LogP contribution in [0.25, 0.3) is 0 Å². The van der Waals surface area contributed by atoms with Crippen LogP contribution in [0.5, 0.6) is 0 Å². The second-order valence-corrected chi connectivity index (χ2v) is 10.8. The SMILES string of the molecule is CS(=O)(=O)N1CCCC(O)(CN2CC(Cn3nc4c(cc3=O)CCCC4)C2)C1. The van der Waals surface area contributed by atoms with Crippen molar-refractivity contribution in [1.29, 1.82) is 0 Å². The lowest BCUT2D eigenvalue weighted by atomic mass is 9.90. The van der Waals surface area contributed by atoms with Crippen LogP contribution in [0, 0.1) is 5.92 Å². The number of nitrogens with zero attached hydrogens (tertiary/aromatic N) is 4. The fourth-order valence-electron chi connectivity index (χ4n) is 4.80. The van der Waals surface area contributed by atoms with Gasteiger partial charge in [0.15, 0.2) is 0 Å². The Morgan fingerprint density at radius 2 is 2.00 bits per heavy atom. The highest BCUT2D eigenvalue weighted by atomic mass is 32.2. The molecule has 0 saturated carbocycles. The van der Waals surface area contributed by atoms with Crippen LogP contribution in [0.15, 0.2) is 10.9 Å². The zero-order valence-corrected chi connectivity index (χ0v) is 17.3. The molecule has 0 amide bonds. The lowest BCUT2D eigenvalue weighted by molar-refractivity contribution is -0.0612. The molecule has 1 N–H and O–H groups in total. The number of fused-ring (bicyclic) bond motifs is 1. The molecular weight excluding hydrogens is 380 g/mol. The fourth-order valence-corrected chi connectivity index (χ4v) is 5.73. The van der Waals surface area contributed by atoms with Gasteiger partial charge >= 0.3 is 0 Å². The molecule has 28 heavy (non-hydrogen) atoms. The predicted molar refractivity (Wildman–Crippen MR) is 106 cm³/mol. The van der Waals surface area contributed by atoms with Crippen molar-refractivity contribution in [2.24, 2.45) is 5.92 Å². The molecule has 2 fully saturated rings. The van der Waals surface area contributed by atoms with Crippen LogP contribution in [0.4, 0.5) is 0 Å². The number of β-amino-alcohol motifs (C(OH)–C–C–N with tert-alkyl or cyclic N) is 1. The molecule has 1 atom stereocenters. The first-order valence-corrected chi connectivity index (χ1v) is 12.1. The van der Waals surface area contributed by atoms with E-state index in [2.05, 4.69) is 10.00 Å². The number of hydrogen-bond donors (Lipinski definition) is 1. The van der Waals surface area contributed by atoms with Gasteiger partial charge in [-0.15, -0.1) is 0 Å². The average molecular weight is 411 g/mol. The Hall–Kier alpha value is -1.29. The minimum absolute atomic E-state index is 0.0196. The average Bonchev–Trinajstić information content (AvgIpc) is 2.59. The minimum atomic E-state index is -3.28. The smallest absolute Gasteiger partial charge is 0.267 e. The van der Waals surface area contributed by atoms with Gasteiger partial charge in [0.05, 0.1) is 24.1 Å². The van der Waals surface area contributed by atoms with Crippen molar-refractivity contribution in [2.45, 2.75) is 50.7 Å². The van der Waals surface area contributed by atoms with E-state index in [1.54, 1.807) is 10.7 Å². The Bertz CT molecular complexity index is 894. The number of aromatic nitrogens is 2. The lowest BCUT2D eigenvalue weighted by Gasteiger charge is -2.46. The number of likely N-dealkylation sites (tertiary alicyclic amines) is 1. The highest BCUT2D eigenvalue weighted by Crippen LogP contribution is 2.27. The summed E-state index contributed by atoms with van der Waals surface area (Å²) >= 11 is 0. The van der Waals surface area contributed by atoms with E-state index in [-0.39, 0.29) is 12.1 Å². The third-order valence-electron chi connectivity index (χ3n) is 6.25. The normalized spacial score (nSPS) is 27.4. The Balaban J connectivity index is 1.32. The van der Waals surface area contributed by atoms with Gasteiger partial charge in [0.1, 0.15) is 0 Å². The Morgan fingerprint density at radius 3 is 2.75 bits per heavy atom. The fraction of sp³-hybridized carbons (Fsp3) is 0.789. The van der Waals surface area contributed by atoms with E-state index in [4.69, 9.17) is 0 Å². The van der Waals surface area contributed by atoms with Crippen molar-refractivity contribution < 1.29 is 13.5 Å². The molecule has 0 bridgehead atoms. The van der Waals surface area contributed by atoms with E-state index >= 15 is 0 Å². The molecule has 8 nitrogen and oxygen atoms in total. The summed E-state index contributed by atoms with van der Waals surface area (Å²) in [6.07, 6.45) is 6.67. The number of aryl methyl sites for hydroxylation is 2. The van der Waals surface area contributed by atoms with E-state index in [9.17, 15) is 18.3 Å². The standard InChI is InChI=1S/C19H30N4O4S/c1-28(26,27)22-8-4-7-19(25,14-22)13-21-10-15(11-21)12-23-18(24)9-16-5-2-3-6-17(16)20-23/h9,15,25H,2-8,10-14H2,1H3. The molecule has 1 aromatic rings. The van der Waals surface area contributed by atoms with E-state index in [0.29, 0.717) is 38.4 Å². The van der Waals surface area contributed by atoms with Gasteiger partial charge in [-0.25, -0.2) is 13.1 Å². The predicted octanol–water partition coefficient (Wildman–Crippen LogP) is -0.160. The summed E-state index contributed by atoms with van der Waals surface area (Å²) in [5, 5.41) is 15.5. The molecule has 2 saturated heterocycles. The minimum Gasteiger partial charge on any atom is -0.387 e. The van der Waals surface area contributed by atoms with Gasteiger partial charge in [-0.05, 0) is 44.1 Å². The summed E-state index contributed by atoms with van der Waals surface area (Å²) in [5.74, 6) is 0.338. The van der Waals surface area contributed by atoms with Crippen molar-refractivity contribution in [1.82, 2.24) is 19.0 Å². The third-order valence-corrected chi connectivity index (χ3v) is 7.49. The highest BCUT2D eigenvalue weighted by Gasteiger charge is 2.40. The molecule has 4 rings (SSSR count). The van der Waals surface area contributed by atoms with Crippen LogP contribution in [0.3, 0.4) is 0 Å². The highest BCUT2D eigenvalue weighted by molar-refractivity contribution is 7.88. The molecule has 3 aliphatic rings. The largest absolute Gasteiger partial charge is 0.387 e. The van der Waals surface area contributed by atoms with Gasteiger partial charge in [-0.1, -0.05) is 0 Å². The molecule has 0 aromatic carbocycles. The van der Waals surface area contributed by atoms with Crippen molar-refractivity contribution in [3.63, 3.8) is 0 Å². The van der Waals surface area contributed by atoms with Crippen LogP contribution >= 0.6 is 0 Å². The van der Waals surface area contributed by atoms with E-state index in [1.165, 1.54) is 10.6 Å². The monoisotopic (exact) mass is 410 g/mol. The molecular formula is C19H30N4O4S. The quantitative estimate of drug-likeness (QED) is 0.725. The van der Waals surface area contributed by atoms with Gasteiger partial charge in [-0.3, -0.25) is 9.69 Å². The number of aliphatic hydroxyl groups is 1. The summed E-state index contributed by atoms with van der Waals surface area (Å²) in [4.78, 5) is 14.5. The molecule has 1 unspecified atom stereocenters. The van der Waals surface area contributed by atoms with Crippen molar-refractivity contribution in [2.75, 3.05) is 39.0 Å². The third kappa shape index (κ3) is 4.32. The Morgan fingerprint density at radius 1 is 1.25 bits per heavy atom. The molecule has 156 valence electrons. The topological polar surface area (TPSA) is 95.7 Å². The Kier molecular flexibility index (Phi) is 5.37. The zero-order valence-electron chi connectivity index (χ0n) is 16.5. The number of sulfonamides is 1. The van der Waals surface area contributed by atoms with Crippen molar-refractivity contribution in [3.8, 4) is 0 Å². The molecule has 9 heteroatoms. The van der Waals surface area contributed by atoms with E-state index in [1.807, 2.05) is 0 Å². The molecule has 0 spiro atoms. The lowest BCUT2D eigenvalue weighted by Crippen LogP contribution is -2.60. The summed E-state index contributed by atoms with van der Waals surface area (Å²) < 4.78 is 26.6. The Labute approximate surface area is 166 Å². The summed E-state index contributed by atoms with van der Waals surface area (Å²) in [5.41, 5.74) is 1.17. The van der Waals surface area contributed by atoms with Crippen molar-refractivity contribution in [3.05, 3.63) is 27.7 Å². The van der Waals surface area contributed by atoms with Crippen LogP contribution in [-0.2, 0) is 29.4 Å². The number of rotatable bonds is 5. The van der Waals surface area contributed by atoms with E-state index in [0.717, 1.165) is 50.0 Å². The van der Waals surface area contributed by atoms with Crippen LogP contribution in [0.2, 0.25) is 0 Å². The second kappa shape index (κ2) is 7.51. The van der Waals surface area contributed by atoms with Crippen LogP contribution in [-0.4, -0.2) is 77.1 Å². The van der Waals surface area contributed by atoms with Crippen molar-refractivity contribution >= 4 is 10.0 Å². The summed E-state index contributed by atoms with van der Waals surface area (Å²) in [6.45, 7) is 3.33. The molecule has 2 aliphatic heterocycles.